The molecule has 2 amide bonds. The van der Waals surface area contributed by atoms with Crippen LogP contribution in [0.15, 0.2) is 29.9 Å². The molecule has 156 valence electrons. The number of ether oxygens (including phenoxy) is 1. The van der Waals surface area contributed by atoms with Gasteiger partial charge >= 0.3 is 0 Å². The van der Waals surface area contributed by atoms with Crippen molar-refractivity contribution in [2.45, 2.75) is 13.5 Å². The lowest BCUT2D eigenvalue weighted by atomic mass is 10.3. The molecule has 1 aliphatic rings. The highest BCUT2D eigenvalue weighted by Gasteiger charge is 2.21. The van der Waals surface area contributed by atoms with E-state index in [9.17, 15) is 9.59 Å². The number of anilines is 1. The number of carbonyl (C=O) groups is 2. The Labute approximate surface area is 176 Å². The van der Waals surface area contributed by atoms with Crippen molar-refractivity contribution < 1.29 is 14.3 Å². The molecule has 0 unspecified atom stereocenters. The van der Waals surface area contributed by atoms with Gasteiger partial charge in [0.15, 0.2) is 0 Å². The van der Waals surface area contributed by atoms with E-state index < -0.39 is 5.91 Å². The Morgan fingerprint density at radius 2 is 2.13 bits per heavy atom. The standard InChI is InChI=1S/C19H21N7O3S/c1-2-26-16-13(10-23-26)24-17(27)14-11-30-19(25-14)12-3-4-21-15(9-12)29-8-7-20-5-6-22-18(16)28/h3-4,9-11,20H,2,5-8H2,1H3,(H,22,28)(H,24,27). The van der Waals surface area contributed by atoms with Crippen molar-refractivity contribution in [2.24, 2.45) is 0 Å². The van der Waals surface area contributed by atoms with Crippen LogP contribution in [0.3, 0.4) is 0 Å². The van der Waals surface area contributed by atoms with Crippen LogP contribution >= 0.6 is 11.3 Å². The van der Waals surface area contributed by atoms with Gasteiger partial charge < -0.3 is 20.7 Å². The molecule has 0 saturated heterocycles. The van der Waals surface area contributed by atoms with Crippen LogP contribution in [-0.4, -0.2) is 57.8 Å². The summed E-state index contributed by atoms with van der Waals surface area (Å²) in [4.78, 5) is 34.1. The van der Waals surface area contributed by atoms with Crippen molar-refractivity contribution in [1.82, 2.24) is 30.4 Å². The smallest absolute Gasteiger partial charge is 0.275 e. The van der Waals surface area contributed by atoms with Gasteiger partial charge in [0.05, 0.1) is 11.9 Å². The van der Waals surface area contributed by atoms with Gasteiger partial charge in [-0.2, -0.15) is 5.10 Å². The lowest BCUT2D eigenvalue weighted by Gasteiger charge is -2.11. The second-order valence-corrected chi connectivity index (χ2v) is 7.31. The summed E-state index contributed by atoms with van der Waals surface area (Å²) in [6.45, 7) is 4.42. The fourth-order valence-corrected chi connectivity index (χ4v) is 3.77. The van der Waals surface area contributed by atoms with Gasteiger partial charge in [-0.05, 0) is 13.0 Å². The van der Waals surface area contributed by atoms with E-state index in [1.807, 2.05) is 13.0 Å². The van der Waals surface area contributed by atoms with Gasteiger partial charge in [-0.1, -0.05) is 0 Å². The molecule has 1 aliphatic heterocycles. The van der Waals surface area contributed by atoms with Gasteiger partial charge in [-0.25, -0.2) is 9.97 Å². The van der Waals surface area contributed by atoms with Crippen LogP contribution in [0.1, 0.15) is 27.9 Å². The van der Waals surface area contributed by atoms with Crippen molar-refractivity contribution in [3.8, 4) is 16.5 Å². The zero-order valence-electron chi connectivity index (χ0n) is 16.3. The number of aryl methyl sites for hydroxylation is 1. The maximum atomic E-state index is 12.7. The van der Waals surface area contributed by atoms with E-state index in [2.05, 4.69) is 31.0 Å². The third-order valence-corrected chi connectivity index (χ3v) is 5.33. The van der Waals surface area contributed by atoms with Crippen molar-refractivity contribution in [3.63, 3.8) is 0 Å². The quantitative estimate of drug-likeness (QED) is 0.536. The second kappa shape index (κ2) is 9.01. The molecular formula is C19H21N7O3S. The minimum absolute atomic E-state index is 0.259. The number of pyridine rings is 1. The number of fused-ring (bicyclic) bond motifs is 6. The number of rotatable bonds is 1. The third kappa shape index (κ3) is 4.31. The molecule has 4 rings (SSSR count). The summed E-state index contributed by atoms with van der Waals surface area (Å²) in [5.41, 5.74) is 1.74. The first-order valence-corrected chi connectivity index (χ1v) is 10.4. The van der Waals surface area contributed by atoms with Crippen molar-refractivity contribution in [2.75, 3.05) is 31.6 Å². The molecular weight excluding hydrogens is 406 g/mol. The van der Waals surface area contributed by atoms with Gasteiger partial charge in [-0.3, -0.25) is 14.3 Å². The van der Waals surface area contributed by atoms with E-state index in [4.69, 9.17) is 4.74 Å². The van der Waals surface area contributed by atoms with Crippen LogP contribution in [0.4, 0.5) is 5.69 Å². The summed E-state index contributed by atoms with van der Waals surface area (Å²) in [5, 5.41) is 15.4. The van der Waals surface area contributed by atoms with Gasteiger partial charge in [0.2, 0.25) is 5.88 Å². The first-order valence-electron chi connectivity index (χ1n) is 9.56. The van der Waals surface area contributed by atoms with Crippen LogP contribution in [0, 0.1) is 0 Å². The number of carbonyl (C=O) groups excluding carboxylic acids is 2. The normalized spacial score (nSPS) is 15.2. The average Bonchev–Trinajstić information content (AvgIpc) is 3.40. The number of hydrogen-bond donors (Lipinski definition) is 3. The highest BCUT2D eigenvalue weighted by Crippen LogP contribution is 2.26. The molecule has 4 heterocycles. The lowest BCUT2D eigenvalue weighted by molar-refractivity contribution is 0.0944. The van der Waals surface area contributed by atoms with E-state index in [1.54, 1.807) is 22.3 Å². The van der Waals surface area contributed by atoms with E-state index >= 15 is 0 Å². The van der Waals surface area contributed by atoms with Gasteiger partial charge in [-0.15, -0.1) is 11.3 Å². The maximum Gasteiger partial charge on any atom is 0.275 e. The number of thiazole rings is 1. The first kappa shape index (κ1) is 20.0. The summed E-state index contributed by atoms with van der Waals surface area (Å²) in [6, 6.07) is 3.62. The molecule has 0 radical (unpaired) electrons. The molecule has 0 aliphatic carbocycles. The zero-order valence-corrected chi connectivity index (χ0v) is 17.2. The maximum absolute atomic E-state index is 12.7. The topological polar surface area (TPSA) is 123 Å². The highest BCUT2D eigenvalue weighted by atomic mass is 32.1. The molecule has 0 aromatic carbocycles. The molecule has 0 saturated carbocycles. The van der Waals surface area contributed by atoms with E-state index in [-0.39, 0.29) is 11.6 Å². The third-order valence-electron chi connectivity index (χ3n) is 4.44. The van der Waals surface area contributed by atoms with Crippen LogP contribution < -0.4 is 20.7 Å². The van der Waals surface area contributed by atoms with Crippen molar-refractivity contribution in [3.05, 3.63) is 41.3 Å². The number of nitrogens with zero attached hydrogens (tertiary/aromatic N) is 4. The Kier molecular flexibility index (Phi) is 6.00. The van der Waals surface area contributed by atoms with Crippen LogP contribution in [-0.2, 0) is 6.54 Å². The largest absolute Gasteiger partial charge is 0.476 e. The van der Waals surface area contributed by atoms with Gasteiger partial charge in [0, 0.05) is 49.4 Å². The molecule has 10 nitrogen and oxygen atoms in total. The Morgan fingerprint density at radius 1 is 1.23 bits per heavy atom. The van der Waals surface area contributed by atoms with Crippen molar-refractivity contribution in [1.29, 1.82) is 0 Å². The lowest BCUT2D eigenvalue weighted by Crippen LogP contribution is -2.35. The van der Waals surface area contributed by atoms with Crippen LogP contribution in [0.25, 0.3) is 10.6 Å². The number of hydrogen-bond acceptors (Lipinski definition) is 8. The van der Waals surface area contributed by atoms with Crippen molar-refractivity contribution >= 4 is 28.8 Å². The fraction of sp³-hybridized carbons (Fsp3) is 0.316. The summed E-state index contributed by atoms with van der Waals surface area (Å²) in [6.07, 6.45) is 3.13. The molecule has 0 atom stereocenters. The summed E-state index contributed by atoms with van der Waals surface area (Å²) >= 11 is 1.35. The molecule has 0 fully saturated rings. The number of amides is 2. The predicted molar refractivity (Wildman–Crippen MR) is 112 cm³/mol. The van der Waals surface area contributed by atoms with Crippen LogP contribution in [0.5, 0.6) is 5.88 Å². The second-order valence-electron chi connectivity index (χ2n) is 6.45. The number of aromatic nitrogens is 4. The highest BCUT2D eigenvalue weighted by molar-refractivity contribution is 7.13. The molecule has 3 aromatic rings. The fourth-order valence-electron chi connectivity index (χ4n) is 2.98. The average molecular weight is 427 g/mol. The predicted octanol–water partition coefficient (Wildman–Crippen LogP) is 1.39. The Morgan fingerprint density at radius 3 is 3.00 bits per heavy atom. The monoisotopic (exact) mass is 427 g/mol. The van der Waals surface area contributed by atoms with E-state index in [0.717, 1.165) is 5.56 Å². The zero-order chi connectivity index (χ0) is 20.9. The van der Waals surface area contributed by atoms with E-state index in [0.29, 0.717) is 55.1 Å². The molecule has 4 bridgehead atoms. The van der Waals surface area contributed by atoms with Gasteiger partial charge in [0.25, 0.3) is 11.8 Å². The van der Waals surface area contributed by atoms with E-state index in [1.165, 1.54) is 17.5 Å². The SMILES string of the molecule is CCn1ncc2c1C(=O)NCCNCCOc1cc(ccn1)-c1nc(cs1)C(=O)N2. The van der Waals surface area contributed by atoms with Crippen LogP contribution in [0.2, 0.25) is 0 Å². The Balaban J connectivity index is 1.65. The summed E-state index contributed by atoms with van der Waals surface area (Å²) < 4.78 is 7.22. The Bertz CT molecular complexity index is 1060. The van der Waals surface area contributed by atoms with Gasteiger partial charge in [0.1, 0.15) is 23.0 Å². The minimum Gasteiger partial charge on any atom is -0.476 e. The molecule has 30 heavy (non-hydrogen) atoms. The Hall–Kier alpha value is -3.31. The first-order chi connectivity index (χ1) is 14.7. The summed E-state index contributed by atoms with van der Waals surface area (Å²) in [5.74, 6) is -0.223. The molecule has 3 aromatic heterocycles. The molecule has 3 N–H and O–H groups in total. The molecule has 0 spiro atoms. The number of nitrogens with one attached hydrogen (secondary N) is 3. The molecule has 11 heteroatoms. The summed E-state index contributed by atoms with van der Waals surface area (Å²) in [7, 11) is 0. The minimum atomic E-state index is -0.407.